The van der Waals surface area contributed by atoms with Crippen LogP contribution < -0.4 is 20.5 Å². The number of alkyl halides is 3. The average molecular weight is 437 g/mol. The quantitative estimate of drug-likeness (QED) is 0.484. The number of benzene rings is 2. The van der Waals surface area contributed by atoms with Crippen molar-refractivity contribution in [3.05, 3.63) is 59.2 Å². The van der Waals surface area contributed by atoms with Crippen LogP contribution >= 0.6 is 0 Å². The van der Waals surface area contributed by atoms with Gasteiger partial charge in [0.2, 0.25) is 0 Å². The van der Waals surface area contributed by atoms with Crippen LogP contribution in [-0.4, -0.2) is 32.1 Å². The summed E-state index contributed by atoms with van der Waals surface area (Å²) in [5.74, 6) is 1.15. The molecule has 31 heavy (non-hydrogen) atoms. The molecule has 168 valence electrons. The summed E-state index contributed by atoms with van der Waals surface area (Å²) in [4.78, 5) is 4.23. The zero-order chi connectivity index (χ0) is 22.3. The van der Waals surface area contributed by atoms with E-state index in [1.54, 1.807) is 0 Å². The number of rotatable bonds is 8. The van der Waals surface area contributed by atoms with E-state index < -0.39 is 6.36 Å². The van der Waals surface area contributed by atoms with Gasteiger partial charge in [-0.2, -0.15) is 0 Å². The lowest BCUT2D eigenvalue weighted by Crippen LogP contribution is -2.31. The molecule has 2 aromatic rings. The molecule has 1 aliphatic rings. The molecule has 3 rings (SSSR count). The zero-order valence-corrected chi connectivity index (χ0v) is 17.2. The Morgan fingerprint density at radius 3 is 2.68 bits per heavy atom. The molecule has 0 amide bonds. The average Bonchev–Trinajstić information content (AvgIpc) is 3.23. The second-order valence-electron chi connectivity index (χ2n) is 7.40. The Morgan fingerprint density at radius 1 is 1.23 bits per heavy atom. The van der Waals surface area contributed by atoms with Crippen molar-refractivity contribution < 1.29 is 27.4 Å². The van der Waals surface area contributed by atoms with Crippen molar-refractivity contribution in [2.45, 2.75) is 32.8 Å². The molecule has 1 saturated heterocycles. The van der Waals surface area contributed by atoms with E-state index in [4.69, 9.17) is 15.2 Å². The van der Waals surface area contributed by atoms with E-state index in [0.29, 0.717) is 24.6 Å². The summed E-state index contributed by atoms with van der Waals surface area (Å²) < 4.78 is 51.9. The van der Waals surface area contributed by atoms with Gasteiger partial charge in [0.25, 0.3) is 0 Å². The summed E-state index contributed by atoms with van der Waals surface area (Å²) in [5, 5.41) is 3.05. The standard InChI is InChI=1S/C22H26F3N3O3/c1-15-2-5-18(20(10-15)30-14-17-8-9-29-13-17)12-28-21(26)27-11-16-3-6-19(7-4-16)31-22(23,24)25/h2-7,10,17H,8-9,11-14H2,1H3,(H3,26,27,28). The lowest BCUT2D eigenvalue weighted by atomic mass is 10.1. The highest BCUT2D eigenvalue weighted by atomic mass is 19.4. The van der Waals surface area contributed by atoms with Crippen molar-refractivity contribution in [3.63, 3.8) is 0 Å². The summed E-state index contributed by atoms with van der Waals surface area (Å²) in [7, 11) is 0. The number of hydrogen-bond donors (Lipinski definition) is 2. The summed E-state index contributed by atoms with van der Waals surface area (Å²) in [6.45, 7) is 4.77. The van der Waals surface area contributed by atoms with Gasteiger partial charge in [0.05, 0.1) is 19.8 Å². The maximum atomic E-state index is 12.2. The Hall–Kier alpha value is -2.94. The number of nitrogens with two attached hydrogens (primary N) is 1. The third-order valence-electron chi connectivity index (χ3n) is 4.77. The van der Waals surface area contributed by atoms with Crippen LogP contribution in [0, 0.1) is 12.8 Å². The first-order valence-corrected chi connectivity index (χ1v) is 9.97. The summed E-state index contributed by atoms with van der Waals surface area (Å²) in [6.07, 6.45) is -3.71. The monoisotopic (exact) mass is 437 g/mol. The van der Waals surface area contributed by atoms with Gasteiger partial charge in [-0.15, -0.1) is 13.2 Å². The number of aryl methyl sites for hydroxylation is 1. The zero-order valence-electron chi connectivity index (χ0n) is 17.2. The van der Waals surface area contributed by atoms with E-state index in [0.717, 1.165) is 36.5 Å². The van der Waals surface area contributed by atoms with E-state index in [9.17, 15) is 13.2 Å². The fraction of sp³-hybridized carbons (Fsp3) is 0.409. The van der Waals surface area contributed by atoms with Crippen LogP contribution in [0.25, 0.3) is 0 Å². The van der Waals surface area contributed by atoms with Crippen LogP contribution in [0.5, 0.6) is 11.5 Å². The van der Waals surface area contributed by atoms with Crippen molar-refractivity contribution >= 4 is 5.96 Å². The smallest absolute Gasteiger partial charge is 0.493 e. The van der Waals surface area contributed by atoms with Crippen LogP contribution in [0.15, 0.2) is 47.5 Å². The molecule has 0 saturated carbocycles. The maximum Gasteiger partial charge on any atom is 0.573 e. The van der Waals surface area contributed by atoms with Gasteiger partial charge in [-0.1, -0.05) is 24.3 Å². The van der Waals surface area contributed by atoms with Gasteiger partial charge in [0, 0.05) is 24.6 Å². The second-order valence-corrected chi connectivity index (χ2v) is 7.40. The Labute approximate surface area is 179 Å². The van der Waals surface area contributed by atoms with Crippen molar-refractivity contribution in [3.8, 4) is 11.5 Å². The molecule has 0 aromatic heterocycles. The normalized spacial score (nSPS) is 16.9. The minimum Gasteiger partial charge on any atom is -0.493 e. The summed E-state index contributed by atoms with van der Waals surface area (Å²) in [6, 6.07) is 11.5. The first-order valence-electron chi connectivity index (χ1n) is 9.97. The number of nitrogens with zero attached hydrogens (tertiary/aromatic N) is 1. The molecule has 1 atom stereocenters. The Balaban J connectivity index is 1.52. The van der Waals surface area contributed by atoms with Gasteiger partial charge in [0.1, 0.15) is 11.5 Å². The lowest BCUT2D eigenvalue weighted by molar-refractivity contribution is -0.274. The van der Waals surface area contributed by atoms with Crippen molar-refractivity contribution in [2.24, 2.45) is 16.6 Å². The van der Waals surface area contributed by atoms with E-state index in [1.807, 2.05) is 25.1 Å². The molecule has 0 bridgehead atoms. The molecule has 1 heterocycles. The SMILES string of the molecule is Cc1ccc(CNC(N)=NCc2ccc(OC(F)(F)F)cc2)c(OCC2CCOC2)c1. The lowest BCUT2D eigenvalue weighted by Gasteiger charge is -2.15. The van der Waals surface area contributed by atoms with Gasteiger partial charge in [0.15, 0.2) is 5.96 Å². The largest absolute Gasteiger partial charge is 0.573 e. The Kier molecular flexibility index (Phi) is 7.62. The van der Waals surface area contributed by atoms with Crippen LogP contribution in [-0.2, 0) is 17.8 Å². The molecule has 2 aromatic carbocycles. The molecule has 0 aliphatic carbocycles. The number of guanidine groups is 1. The predicted molar refractivity (Wildman–Crippen MR) is 111 cm³/mol. The number of aliphatic imine (C=N–C) groups is 1. The van der Waals surface area contributed by atoms with Gasteiger partial charge in [-0.3, -0.25) is 0 Å². The molecule has 9 heteroatoms. The van der Waals surface area contributed by atoms with Gasteiger partial charge < -0.3 is 25.3 Å². The number of ether oxygens (including phenoxy) is 3. The van der Waals surface area contributed by atoms with Crippen molar-refractivity contribution in [2.75, 3.05) is 19.8 Å². The van der Waals surface area contributed by atoms with Gasteiger partial charge in [-0.05, 0) is 42.7 Å². The van der Waals surface area contributed by atoms with Gasteiger partial charge >= 0.3 is 6.36 Å². The fourth-order valence-electron chi connectivity index (χ4n) is 3.08. The van der Waals surface area contributed by atoms with Crippen LogP contribution in [0.2, 0.25) is 0 Å². The number of nitrogens with one attached hydrogen (secondary N) is 1. The highest BCUT2D eigenvalue weighted by Gasteiger charge is 2.30. The Morgan fingerprint density at radius 2 is 2.00 bits per heavy atom. The molecular weight excluding hydrogens is 411 g/mol. The molecule has 0 radical (unpaired) electrons. The maximum absolute atomic E-state index is 12.2. The minimum atomic E-state index is -4.71. The van der Waals surface area contributed by atoms with Crippen molar-refractivity contribution in [1.29, 1.82) is 0 Å². The highest BCUT2D eigenvalue weighted by molar-refractivity contribution is 5.77. The second kappa shape index (κ2) is 10.4. The molecule has 3 N–H and O–H groups in total. The number of hydrogen-bond acceptors (Lipinski definition) is 4. The number of halogens is 3. The molecule has 6 nitrogen and oxygen atoms in total. The summed E-state index contributed by atoms with van der Waals surface area (Å²) >= 11 is 0. The fourth-order valence-corrected chi connectivity index (χ4v) is 3.08. The van der Waals surface area contributed by atoms with Crippen molar-refractivity contribution in [1.82, 2.24) is 5.32 Å². The van der Waals surface area contributed by atoms with E-state index in [-0.39, 0.29) is 18.3 Å². The molecule has 1 fully saturated rings. The molecule has 1 aliphatic heterocycles. The first kappa shape index (κ1) is 22.7. The molecule has 0 spiro atoms. The third kappa shape index (κ3) is 7.67. The third-order valence-corrected chi connectivity index (χ3v) is 4.77. The van der Waals surface area contributed by atoms with E-state index in [2.05, 4.69) is 15.0 Å². The van der Waals surface area contributed by atoms with Crippen LogP contribution in [0.1, 0.15) is 23.1 Å². The summed E-state index contributed by atoms with van der Waals surface area (Å²) in [5.41, 5.74) is 8.70. The minimum absolute atomic E-state index is 0.226. The Bertz CT molecular complexity index is 880. The topological polar surface area (TPSA) is 78.1 Å². The van der Waals surface area contributed by atoms with E-state index in [1.165, 1.54) is 24.3 Å². The molecule has 1 unspecified atom stereocenters. The van der Waals surface area contributed by atoms with Crippen LogP contribution in [0.4, 0.5) is 13.2 Å². The highest BCUT2D eigenvalue weighted by Crippen LogP contribution is 2.24. The van der Waals surface area contributed by atoms with E-state index >= 15 is 0 Å². The molecular formula is C22H26F3N3O3. The van der Waals surface area contributed by atoms with Crippen LogP contribution in [0.3, 0.4) is 0 Å². The predicted octanol–water partition coefficient (Wildman–Crippen LogP) is 3.91. The van der Waals surface area contributed by atoms with Gasteiger partial charge in [-0.25, -0.2) is 4.99 Å². The first-order chi connectivity index (χ1) is 14.8.